The number of ketones is 1. The quantitative estimate of drug-likeness (QED) is 0.851. The van der Waals surface area contributed by atoms with Crippen LogP contribution in [0, 0.1) is 0 Å². The molecular weight excluding hydrogens is 258 g/mol. The highest BCUT2D eigenvalue weighted by Gasteiger charge is 2.12. The largest absolute Gasteiger partial charge is 0.399 e. The van der Waals surface area contributed by atoms with Crippen LogP contribution in [0.3, 0.4) is 0 Å². The number of rotatable bonds is 5. The van der Waals surface area contributed by atoms with Crippen molar-refractivity contribution in [2.24, 2.45) is 0 Å². The molecule has 0 bridgehead atoms. The molecule has 0 radical (unpaired) electrons. The number of Topliss-reactive ketones (excluding diaryl/α,β-unsaturated/α-hetero) is 1. The van der Waals surface area contributed by atoms with E-state index in [1.807, 2.05) is 24.3 Å². The van der Waals surface area contributed by atoms with Gasteiger partial charge in [0.1, 0.15) is 5.78 Å². The zero-order valence-corrected chi connectivity index (χ0v) is 12.3. The van der Waals surface area contributed by atoms with E-state index in [0.29, 0.717) is 18.6 Å². The van der Waals surface area contributed by atoms with Crippen molar-refractivity contribution in [3.63, 3.8) is 0 Å². The molecule has 1 aliphatic carbocycles. The lowest BCUT2D eigenvalue weighted by Crippen LogP contribution is -2.05. The monoisotopic (exact) mass is 279 g/mol. The van der Waals surface area contributed by atoms with E-state index in [9.17, 15) is 4.79 Å². The van der Waals surface area contributed by atoms with Crippen LogP contribution >= 0.6 is 0 Å². The minimum absolute atomic E-state index is 0.310. The van der Waals surface area contributed by atoms with Crippen LogP contribution in [0.25, 0.3) is 0 Å². The lowest BCUT2D eigenvalue weighted by molar-refractivity contribution is -0.118. The number of hydrogen-bond donors (Lipinski definition) is 1. The van der Waals surface area contributed by atoms with Crippen molar-refractivity contribution in [2.45, 2.75) is 38.5 Å². The van der Waals surface area contributed by atoms with Gasteiger partial charge in [-0.1, -0.05) is 30.3 Å². The van der Waals surface area contributed by atoms with Gasteiger partial charge in [-0.25, -0.2) is 0 Å². The van der Waals surface area contributed by atoms with Gasteiger partial charge in [-0.05, 0) is 60.1 Å². The zero-order chi connectivity index (χ0) is 14.7. The lowest BCUT2D eigenvalue weighted by atomic mass is 9.99. The van der Waals surface area contributed by atoms with Crippen LogP contribution in [0.5, 0.6) is 0 Å². The van der Waals surface area contributed by atoms with Crippen LogP contribution in [-0.2, 0) is 30.5 Å². The van der Waals surface area contributed by atoms with Gasteiger partial charge in [-0.3, -0.25) is 4.79 Å². The highest BCUT2D eigenvalue weighted by atomic mass is 16.1. The summed E-state index contributed by atoms with van der Waals surface area (Å²) in [4.78, 5) is 12.1. The number of fused-ring (bicyclic) bond motifs is 1. The first-order valence-electron chi connectivity index (χ1n) is 7.67. The smallest absolute Gasteiger partial charge is 0.137 e. The molecule has 2 aromatic carbocycles. The first-order chi connectivity index (χ1) is 10.2. The van der Waals surface area contributed by atoms with E-state index in [2.05, 4.69) is 18.2 Å². The molecule has 0 spiro atoms. The van der Waals surface area contributed by atoms with E-state index in [4.69, 9.17) is 5.73 Å². The van der Waals surface area contributed by atoms with Gasteiger partial charge in [0.25, 0.3) is 0 Å². The van der Waals surface area contributed by atoms with Gasteiger partial charge in [0, 0.05) is 18.5 Å². The van der Waals surface area contributed by atoms with Crippen LogP contribution in [0.4, 0.5) is 5.69 Å². The fourth-order valence-corrected chi connectivity index (χ4v) is 3.02. The Balaban J connectivity index is 1.55. The third-order valence-electron chi connectivity index (χ3n) is 4.24. The molecule has 0 saturated heterocycles. The molecule has 1 aliphatic rings. The topological polar surface area (TPSA) is 43.1 Å². The van der Waals surface area contributed by atoms with E-state index in [1.165, 1.54) is 36.0 Å². The van der Waals surface area contributed by atoms with Crippen molar-refractivity contribution in [3.05, 3.63) is 64.7 Å². The van der Waals surface area contributed by atoms with Gasteiger partial charge >= 0.3 is 0 Å². The van der Waals surface area contributed by atoms with Crippen LogP contribution < -0.4 is 5.73 Å². The van der Waals surface area contributed by atoms with Gasteiger partial charge in [-0.15, -0.1) is 0 Å². The molecule has 2 N–H and O–H groups in total. The van der Waals surface area contributed by atoms with Gasteiger partial charge in [-0.2, -0.15) is 0 Å². The van der Waals surface area contributed by atoms with Crippen LogP contribution in [0.2, 0.25) is 0 Å². The van der Waals surface area contributed by atoms with E-state index in [0.717, 1.165) is 17.7 Å². The molecule has 0 fully saturated rings. The van der Waals surface area contributed by atoms with Crippen molar-refractivity contribution < 1.29 is 4.79 Å². The Morgan fingerprint density at radius 1 is 0.952 bits per heavy atom. The van der Waals surface area contributed by atoms with Crippen LogP contribution in [-0.4, -0.2) is 5.78 Å². The number of hydrogen-bond acceptors (Lipinski definition) is 2. The molecule has 2 nitrogen and oxygen atoms in total. The molecule has 0 heterocycles. The molecule has 0 unspecified atom stereocenters. The number of carbonyl (C=O) groups excluding carboxylic acids is 1. The minimum atomic E-state index is 0.310. The van der Waals surface area contributed by atoms with Crippen LogP contribution in [0.15, 0.2) is 42.5 Å². The molecule has 0 saturated carbocycles. The van der Waals surface area contributed by atoms with Crippen molar-refractivity contribution in [1.29, 1.82) is 0 Å². The Bertz CT molecular complexity index is 643. The number of benzene rings is 2. The Kier molecular flexibility index (Phi) is 4.05. The fraction of sp³-hybridized carbons (Fsp3) is 0.316. The molecule has 2 aromatic rings. The predicted molar refractivity (Wildman–Crippen MR) is 86.4 cm³/mol. The highest BCUT2D eigenvalue weighted by molar-refractivity contribution is 5.81. The standard InChI is InChI=1S/C19H21NO/c20-18-9-5-14(6-10-18)7-11-19(21)13-15-4-8-16-2-1-3-17(16)12-15/h4-6,8-10,12H,1-3,7,11,13,20H2. The Hall–Kier alpha value is -2.09. The summed E-state index contributed by atoms with van der Waals surface area (Å²) in [6.45, 7) is 0. The van der Waals surface area contributed by atoms with E-state index in [1.54, 1.807) is 0 Å². The normalized spacial score (nSPS) is 13.1. The summed E-state index contributed by atoms with van der Waals surface area (Å²) >= 11 is 0. The Labute approximate surface area is 126 Å². The Morgan fingerprint density at radius 2 is 1.67 bits per heavy atom. The highest BCUT2D eigenvalue weighted by Crippen LogP contribution is 2.23. The van der Waals surface area contributed by atoms with E-state index >= 15 is 0 Å². The average Bonchev–Trinajstić information content (AvgIpc) is 2.94. The number of carbonyl (C=O) groups is 1. The average molecular weight is 279 g/mol. The maximum Gasteiger partial charge on any atom is 0.137 e. The Morgan fingerprint density at radius 3 is 2.48 bits per heavy atom. The number of aryl methyl sites for hydroxylation is 3. The van der Waals surface area contributed by atoms with Gasteiger partial charge < -0.3 is 5.73 Å². The van der Waals surface area contributed by atoms with Crippen molar-refractivity contribution >= 4 is 11.5 Å². The van der Waals surface area contributed by atoms with Gasteiger partial charge in [0.2, 0.25) is 0 Å². The number of anilines is 1. The predicted octanol–water partition coefficient (Wildman–Crippen LogP) is 3.50. The zero-order valence-electron chi connectivity index (χ0n) is 12.3. The number of nitrogens with two attached hydrogens (primary N) is 1. The summed E-state index contributed by atoms with van der Waals surface area (Å²) in [7, 11) is 0. The first-order valence-corrected chi connectivity index (χ1v) is 7.67. The maximum absolute atomic E-state index is 12.1. The van der Waals surface area contributed by atoms with Crippen molar-refractivity contribution in [1.82, 2.24) is 0 Å². The molecule has 3 rings (SSSR count). The van der Waals surface area contributed by atoms with Crippen LogP contribution in [0.1, 0.15) is 35.1 Å². The molecule has 2 heteroatoms. The van der Waals surface area contributed by atoms with E-state index < -0.39 is 0 Å². The SMILES string of the molecule is Nc1ccc(CCC(=O)Cc2ccc3c(c2)CCC3)cc1. The third kappa shape index (κ3) is 3.52. The molecule has 21 heavy (non-hydrogen) atoms. The summed E-state index contributed by atoms with van der Waals surface area (Å²) in [6.07, 6.45) is 5.57. The minimum Gasteiger partial charge on any atom is -0.399 e. The van der Waals surface area contributed by atoms with Crippen molar-refractivity contribution in [3.8, 4) is 0 Å². The van der Waals surface area contributed by atoms with Crippen molar-refractivity contribution in [2.75, 3.05) is 5.73 Å². The van der Waals surface area contributed by atoms with E-state index in [-0.39, 0.29) is 0 Å². The summed E-state index contributed by atoms with van der Waals surface area (Å²) in [5, 5.41) is 0. The molecule has 108 valence electrons. The molecule has 0 aliphatic heterocycles. The summed E-state index contributed by atoms with van der Waals surface area (Å²) < 4.78 is 0. The summed E-state index contributed by atoms with van der Waals surface area (Å²) in [6, 6.07) is 14.3. The molecule has 0 atom stereocenters. The molecule has 0 aromatic heterocycles. The first kappa shape index (κ1) is 13.9. The summed E-state index contributed by atoms with van der Waals surface area (Å²) in [5.74, 6) is 0.310. The second kappa shape index (κ2) is 6.13. The van der Waals surface area contributed by atoms with Gasteiger partial charge in [0.15, 0.2) is 0 Å². The summed E-state index contributed by atoms with van der Waals surface area (Å²) in [5.41, 5.74) is 11.7. The maximum atomic E-state index is 12.1. The number of nitrogen functional groups attached to an aromatic ring is 1. The third-order valence-corrected chi connectivity index (χ3v) is 4.24. The lowest BCUT2D eigenvalue weighted by Gasteiger charge is -2.05. The van der Waals surface area contributed by atoms with Gasteiger partial charge in [0.05, 0.1) is 0 Å². The second-order valence-corrected chi connectivity index (χ2v) is 5.91. The molecular formula is C19H21NO. The second-order valence-electron chi connectivity index (χ2n) is 5.91. The fourth-order valence-electron chi connectivity index (χ4n) is 3.02. The molecule has 0 amide bonds.